The van der Waals surface area contributed by atoms with Crippen LogP contribution in [-0.4, -0.2) is 16.7 Å². The van der Waals surface area contributed by atoms with Crippen LogP contribution in [0.15, 0.2) is 0 Å². The van der Waals surface area contributed by atoms with E-state index >= 15 is 0 Å². The predicted molar refractivity (Wildman–Crippen MR) is 33.8 cm³/mol. The molecule has 0 aromatic carbocycles. The number of hydrogen-bond acceptors (Lipinski definition) is 1. The first-order chi connectivity index (χ1) is 1.73. The summed E-state index contributed by atoms with van der Waals surface area (Å²) in [6, 6.07) is 0. The highest BCUT2D eigenvalue weighted by Crippen LogP contribution is 1.83. The maximum absolute atomic E-state index is 5.24. The summed E-state index contributed by atoms with van der Waals surface area (Å²) in [6.45, 7) is -1.06. The summed E-state index contributed by atoms with van der Waals surface area (Å²) < 4.78 is 0. The van der Waals surface area contributed by atoms with Gasteiger partial charge < -0.3 is 6.15 Å². The fourth-order valence-electron chi connectivity index (χ4n) is 0. The molecular formula is H7Cl2NSi2. The molecule has 3 N–H and O–H groups in total. The standard InChI is InChI=1S/Cl2H4Si2.H3N/c1-4(2)3;/h4H,3H3;1H3. The Hall–Kier alpha value is 0.974. The van der Waals surface area contributed by atoms with Crippen LogP contribution in [0.25, 0.3) is 0 Å². The molecule has 0 bridgehead atoms. The summed E-state index contributed by atoms with van der Waals surface area (Å²) >= 11 is 10.5. The van der Waals surface area contributed by atoms with E-state index in [1.165, 1.54) is 0 Å². The summed E-state index contributed by atoms with van der Waals surface area (Å²) in [5.41, 5.74) is 0. The highest BCUT2D eigenvalue weighted by Gasteiger charge is 1.80. The maximum Gasteiger partial charge on any atom is 0.214 e. The summed E-state index contributed by atoms with van der Waals surface area (Å²) in [4.78, 5) is 0. The van der Waals surface area contributed by atoms with Crippen LogP contribution in [0.3, 0.4) is 0 Å². The van der Waals surface area contributed by atoms with Crippen molar-refractivity contribution in [1.82, 2.24) is 6.15 Å². The van der Waals surface area contributed by atoms with Gasteiger partial charge in [0.1, 0.15) is 0 Å². The van der Waals surface area contributed by atoms with Gasteiger partial charge in [-0.3, -0.25) is 0 Å². The molecule has 0 heterocycles. The molecule has 5 heavy (non-hydrogen) atoms. The van der Waals surface area contributed by atoms with Crippen LogP contribution < -0.4 is 6.15 Å². The first kappa shape index (κ1) is 9.36. The van der Waals surface area contributed by atoms with Gasteiger partial charge >= 0.3 is 0 Å². The van der Waals surface area contributed by atoms with E-state index < -0.39 is 6.93 Å². The van der Waals surface area contributed by atoms with E-state index in [4.69, 9.17) is 22.2 Å². The SMILES string of the molecule is N.[SiH3][SiH](Cl)Cl. The molecule has 0 aliphatic heterocycles. The third-order valence-electron chi connectivity index (χ3n) is 0. The van der Waals surface area contributed by atoms with E-state index in [1.54, 1.807) is 0 Å². The lowest BCUT2D eigenvalue weighted by Gasteiger charge is -1.68. The summed E-state index contributed by atoms with van der Waals surface area (Å²) in [7, 11) is 1.02. The quantitative estimate of drug-likeness (QED) is 0.372. The zero-order valence-electron chi connectivity index (χ0n) is 3.04. The molecule has 0 aromatic heterocycles. The second-order valence-corrected chi connectivity index (χ2v) is 14.0. The molecular weight excluding hydrogens is 141 g/mol. The molecule has 0 saturated carbocycles. The van der Waals surface area contributed by atoms with Gasteiger partial charge in [-0.05, 0) is 0 Å². The molecule has 0 aromatic rings. The molecule has 0 saturated heterocycles. The van der Waals surface area contributed by atoms with Crippen molar-refractivity contribution >= 4 is 38.9 Å². The fourth-order valence-corrected chi connectivity index (χ4v) is 0. The summed E-state index contributed by atoms with van der Waals surface area (Å²) in [5.74, 6) is 0. The van der Waals surface area contributed by atoms with Gasteiger partial charge in [0.15, 0.2) is 0 Å². The van der Waals surface area contributed by atoms with Crippen LogP contribution in [0.2, 0.25) is 0 Å². The van der Waals surface area contributed by atoms with Gasteiger partial charge in [-0.15, -0.1) is 0 Å². The molecule has 0 rings (SSSR count). The molecule has 0 aliphatic carbocycles. The Morgan fingerprint density at radius 1 is 1.40 bits per heavy atom. The average molecular weight is 148 g/mol. The molecule has 1 nitrogen and oxygen atoms in total. The zero-order valence-corrected chi connectivity index (χ0v) is 7.71. The summed E-state index contributed by atoms with van der Waals surface area (Å²) in [6.07, 6.45) is 0. The lowest BCUT2D eigenvalue weighted by Crippen LogP contribution is -1.85. The Morgan fingerprint density at radius 3 is 1.40 bits per heavy atom. The minimum atomic E-state index is -1.06. The van der Waals surface area contributed by atoms with Gasteiger partial charge in [-0.2, -0.15) is 22.2 Å². The van der Waals surface area contributed by atoms with Gasteiger partial charge in [0.25, 0.3) is 0 Å². The maximum atomic E-state index is 5.24. The van der Waals surface area contributed by atoms with E-state index in [-0.39, 0.29) is 6.15 Å². The Labute approximate surface area is 45.5 Å². The minimum Gasteiger partial charge on any atom is -0.344 e. The molecule has 5 heteroatoms. The number of rotatable bonds is 0. The van der Waals surface area contributed by atoms with Crippen LogP contribution in [-0.2, 0) is 0 Å². The van der Waals surface area contributed by atoms with Crippen molar-refractivity contribution in [1.29, 1.82) is 0 Å². The molecule has 0 unspecified atom stereocenters. The third-order valence-corrected chi connectivity index (χ3v) is 0. The highest BCUT2D eigenvalue weighted by atomic mass is 35.7. The molecule has 0 spiro atoms. The van der Waals surface area contributed by atoms with Crippen molar-refractivity contribution < 1.29 is 0 Å². The van der Waals surface area contributed by atoms with Crippen molar-refractivity contribution in [3.63, 3.8) is 0 Å². The average Bonchev–Trinajstić information content (AvgIpc) is 0.811. The van der Waals surface area contributed by atoms with E-state index in [2.05, 4.69) is 0 Å². The van der Waals surface area contributed by atoms with Crippen LogP contribution in [0.1, 0.15) is 0 Å². The van der Waals surface area contributed by atoms with E-state index in [9.17, 15) is 0 Å². The van der Waals surface area contributed by atoms with Crippen molar-refractivity contribution in [2.45, 2.75) is 0 Å². The van der Waals surface area contributed by atoms with Crippen LogP contribution in [0.4, 0.5) is 0 Å². The normalized spacial score (nSPS) is 7.80. The van der Waals surface area contributed by atoms with Crippen molar-refractivity contribution in [2.75, 3.05) is 0 Å². The fraction of sp³-hybridized carbons (Fsp3) is 0. The second kappa shape index (κ2) is 4.97. The van der Waals surface area contributed by atoms with Crippen LogP contribution in [0, 0.1) is 0 Å². The monoisotopic (exact) mass is 147 g/mol. The predicted octanol–water partition coefficient (Wildman–Crippen LogP) is -0.291. The van der Waals surface area contributed by atoms with Crippen LogP contribution >= 0.6 is 22.2 Å². The minimum absolute atomic E-state index is 0. The van der Waals surface area contributed by atoms with Crippen molar-refractivity contribution in [3.05, 3.63) is 0 Å². The van der Waals surface area contributed by atoms with Gasteiger partial charge in [-0.1, -0.05) is 0 Å². The van der Waals surface area contributed by atoms with Gasteiger partial charge in [0.05, 0.1) is 0 Å². The molecule has 0 atom stereocenters. The summed E-state index contributed by atoms with van der Waals surface area (Å²) in [5, 5.41) is 0. The molecule has 0 aliphatic rings. The van der Waals surface area contributed by atoms with Crippen molar-refractivity contribution in [3.8, 4) is 0 Å². The van der Waals surface area contributed by atoms with E-state index in [1.807, 2.05) is 0 Å². The largest absolute Gasteiger partial charge is 0.344 e. The van der Waals surface area contributed by atoms with Gasteiger partial charge in [0.2, 0.25) is 6.93 Å². The number of hydrogen-bond donors (Lipinski definition) is 1. The lowest BCUT2D eigenvalue weighted by molar-refractivity contribution is 2.13. The highest BCUT2D eigenvalue weighted by molar-refractivity contribution is 7.52. The van der Waals surface area contributed by atoms with Crippen LogP contribution in [0.5, 0.6) is 0 Å². The molecule has 0 radical (unpaired) electrons. The molecule has 0 amide bonds. The van der Waals surface area contributed by atoms with Gasteiger partial charge in [-0.25, -0.2) is 0 Å². The first-order valence-electron chi connectivity index (χ1n) is 1.01. The Bertz CT molecular complexity index is 12.4. The second-order valence-electron chi connectivity index (χ2n) is 0.519. The first-order valence-corrected chi connectivity index (χ1v) is 9.12. The smallest absolute Gasteiger partial charge is 0.214 e. The Balaban J connectivity index is 0. The van der Waals surface area contributed by atoms with Gasteiger partial charge in [0, 0.05) is 9.76 Å². The lowest BCUT2D eigenvalue weighted by atomic mass is 14.0. The third kappa shape index (κ3) is 46.4. The number of halogens is 2. The Morgan fingerprint density at radius 2 is 1.40 bits per heavy atom. The zero-order chi connectivity index (χ0) is 3.58. The Kier molecular flexibility index (Phi) is 9.31. The van der Waals surface area contributed by atoms with E-state index in [0.717, 1.165) is 9.76 Å². The molecule has 34 valence electrons. The molecule has 0 fully saturated rings. The van der Waals surface area contributed by atoms with Crippen molar-refractivity contribution in [2.24, 2.45) is 0 Å². The topological polar surface area (TPSA) is 35.0 Å². The van der Waals surface area contributed by atoms with E-state index in [0.29, 0.717) is 0 Å².